The third-order valence-corrected chi connectivity index (χ3v) is 3.19. The van der Waals surface area contributed by atoms with Crippen molar-refractivity contribution < 1.29 is 4.74 Å². The van der Waals surface area contributed by atoms with Gasteiger partial charge in [-0.05, 0) is 24.3 Å². The third kappa shape index (κ3) is 2.84. The van der Waals surface area contributed by atoms with Gasteiger partial charge in [-0.2, -0.15) is 0 Å². The van der Waals surface area contributed by atoms with Crippen LogP contribution in [0.2, 0.25) is 0 Å². The summed E-state index contributed by atoms with van der Waals surface area (Å²) in [5, 5.41) is 10.3. The van der Waals surface area contributed by atoms with Crippen LogP contribution in [0.4, 0.5) is 11.4 Å². The summed E-state index contributed by atoms with van der Waals surface area (Å²) in [6.45, 7) is 0. The van der Waals surface area contributed by atoms with Crippen molar-refractivity contribution in [2.24, 2.45) is 10.3 Å². The topological polar surface area (TPSA) is 46.0 Å². The SMILES string of the molecule is COc1ccc(N=NNc2ccccc2)c2ccccc12. The highest BCUT2D eigenvalue weighted by Crippen LogP contribution is 2.33. The minimum absolute atomic E-state index is 0.801. The van der Waals surface area contributed by atoms with Crippen molar-refractivity contribution in [1.82, 2.24) is 0 Å². The van der Waals surface area contributed by atoms with Crippen LogP contribution in [0.3, 0.4) is 0 Å². The summed E-state index contributed by atoms with van der Waals surface area (Å²) in [6, 6.07) is 21.5. The predicted molar refractivity (Wildman–Crippen MR) is 85.1 cm³/mol. The van der Waals surface area contributed by atoms with Gasteiger partial charge in [-0.3, -0.25) is 5.43 Å². The first-order chi connectivity index (χ1) is 10.4. The smallest absolute Gasteiger partial charge is 0.126 e. The Kier molecular flexibility index (Phi) is 3.78. The molecule has 3 rings (SSSR count). The number of methoxy groups -OCH3 is 1. The standard InChI is InChI=1S/C17H15N3O/c1-21-17-12-11-16(14-9-5-6-10-15(14)17)19-20-18-13-7-3-2-4-8-13/h2-12H,1H3,(H,18,19). The van der Waals surface area contributed by atoms with Gasteiger partial charge >= 0.3 is 0 Å². The minimum Gasteiger partial charge on any atom is -0.496 e. The first-order valence-electron chi connectivity index (χ1n) is 6.66. The second-order valence-electron chi connectivity index (χ2n) is 4.51. The maximum Gasteiger partial charge on any atom is 0.126 e. The van der Waals surface area contributed by atoms with Crippen molar-refractivity contribution in [3.63, 3.8) is 0 Å². The normalized spacial score (nSPS) is 10.9. The third-order valence-electron chi connectivity index (χ3n) is 3.19. The van der Waals surface area contributed by atoms with Gasteiger partial charge in [0.2, 0.25) is 0 Å². The van der Waals surface area contributed by atoms with Crippen LogP contribution in [0.15, 0.2) is 77.1 Å². The Morgan fingerprint density at radius 2 is 1.52 bits per heavy atom. The first kappa shape index (κ1) is 13.1. The van der Waals surface area contributed by atoms with Gasteiger partial charge in [-0.15, -0.1) is 5.11 Å². The van der Waals surface area contributed by atoms with Gasteiger partial charge in [-0.25, -0.2) is 0 Å². The zero-order chi connectivity index (χ0) is 14.5. The molecule has 0 fully saturated rings. The van der Waals surface area contributed by atoms with E-state index in [-0.39, 0.29) is 0 Å². The fourth-order valence-corrected chi connectivity index (χ4v) is 2.17. The van der Waals surface area contributed by atoms with E-state index in [1.807, 2.05) is 66.7 Å². The van der Waals surface area contributed by atoms with Crippen LogP contribution in [0.25, 0.3) is 10.8 Å². The van der Waals surface area contributed by atoms with E-state index < -0.39 is 0 Å². The van der Waals surface area contributed by atoms with Crippen LogP contribution < -0.4 is 10.2 Å². The molecule has 0 spiro atoms. The summed E-state index contributed by atoms with van der Waals surface area (Å²) < 4.78 is 5.37. The Morgan fingerprint density at radius 3 is 2.29 bits per heavy atom. The van der Waals surface area contributed by atoms with E-state index in [2.05, 4.69) is 15.8 Å². The maximum atomic E-state index is 5.37. The summed E-state index contributed by atoms with van der Waals surface area (Å²) in [6.07, 6.45) is 0. The zero-order valence-electron chi connectivity index (χ0n) is 11.7. The summed E-state index contributed by atoms with van der Waals surface area (Å²) in [5.74, 6) is 0.834. The molecule has 0 heterocycles. The van der Waals surface area contributed by atoms with Crippen molar-refractivity contribution >= 4 is 22.1 Å². The number of rotatable bonds is 4. The van der Waals surface area contributed by atoms with Gasteiger partial charge in [0.15, 0.2) is 0 Å². The first-order valence-corrected chi connectivity index (χ1v) is 6.66. The molecular weight excluding hydrogens is 262 g/mol. The van der Waals surface area contributed by atoms with Crippen LogP contribution in [0.5, 0.6) is 5.75 Å². The van der Waals surface area contributed by atoms with Gasteiger partial charge in [-0.1, -0.05) is 47.7 Å². The van der Waals surface area contributed by atoms with Crippen molar-refractivity contribution in [3.05, 3.63) is 66.7 Å². The lowest BCUT2D eigenvalue weighted by Gasteiger charge is -2.06. The fourth-order valence-electron chi connectivity index (χ4n) is 2.17. The predicted octanol–water partition coefficient (Wildman–Crippen LogP) is 4.96. The molecule has 0 radical (unpaired) electrons. The van der Waals surface area contributed by atoms with E-state index >= 15 is 0 Å². The average Bonchev–Trinajstić information content (AvgIpc) is 2.56. The largest absolute Gasteiger partial charge is 0.496 e. The molecular formula is C17H15N3O. The molecule has 0 aliphatic heterocycles. The zero-order valence-corrected chi connectivity index (χ0v) is 11.7. The van der Waals surface area contributed by atoms with Gasteiger partial charge in [0, 0.05) is 10.8 Å². The molecule has 3 aromatic rings. The van der Waals surface area contributed by atoms with Crippen LogP contribution in [-0.2, 0) is 0 Å². The number of fused-ring (bicyclic) bond motifs is 1. The van der Waals surface area contributed by atoms with Gasteiger partial charge in [0.05, 0.1) is 18.5 Å². The quantitative estimate of drug-likeness (QED) is 0.541. The highest BCUT2D eigenvalue weighted by atomic mass is 16.5. The highest BCUT2D eigenvalue weighted by molar-refractivity contribution is 5.96. The lowest BCUT2D eigenvalue weighted by Crippen LogP contribution is -1.86. The second kappa shape index (κ2) is 6.05. The lowest BCUT2D eigenvalue weighted by atomic mass is 10.1. The molecule has 0 saturated carbocycles. The molecule has 0 amide bonds. The number of hydrogen-bond acceptors (Lipinski definition) is 3. The monoisotopic (exact) mass is 277 g/mol. The minimum atomic E-state index is 0.801. The Labute approximate surface area is 123 Å². The van der Waals surface area contributed by atoms with Crippen LogP contribution in [0, 0.1) is 0 Å². The maximum absolute atomic E-state index is 5.37. The van der Waals surface area contributed by atoms with Crippen LogP contribution in [0.1, 0.15) is 0 Å². The molecule has 0 aliphatic carbocycles. The fraction of sp³-hybridized carbons (Fsp3) is 0.0588. The number of nitrogens with zero attached hydrogens (tertiary/aromatic N) is 2. The molecule has 0 aromatic heterocycles. The van der Waals surface area contributed by atoms with Crippen LogP contribution in [-0.4, -0.2) is 7.11 Å². The molecule has 21 heavy (non-hydrogen) atoms. The van der Waals surface area contributed by atoms with Gasteiger partial charge in [0.1, 0.15) is 5.75 Å². The van der Waals surface area contributed by atoms with E-state index in [4.69, 9.17) is 4.74 Å². The molecule has 0 aliphatic rings. The number of ether oxygens (including phenoxy) is 1. The molecule has 0 unspecified atom stereocenters. The van der Waals surface area contributed by atoms with Crippen molar-refractivity contribution in [2.45, 2.75) is 0 Å². The van der Waals surface area contributed by atoms with Gasteiger partial charge < -0.3 is 4.74 Å². The van der Waals surface area contributed by atoms with Crippen molar-refractivity contribution in [1.29, 1.82) is 0 Å². The van der Waals surface area contributed by atoms with E-state index in [0.717, 1.165) is 27.9 Å². The summed E-state index contributed by atoms with van der Waals surface area (Å²) in [5.41, 5.74) is 4.62. The molecule has 3 aromatic carbocycles. The Bertz CT molecular complexity index is 769. The molecule has 0 atom stereocenters. The van der Waals surface area contributed by atoms with E-state index in [1.165, 1.54) is 0 Å². The van der Waals surface area contributed by atoms with Crippen molar-refractivity contribution in [3.8, 4) is 5.75 Å². The molecule has 4 heteroatoms. The number of hydrogen-bond donors (Lipinski definition) is 1. The molecule has 0 bridgehead atoms. The molecule has 1 N–H and O–H groups in total. The summed E-state index contributed by atoms with van der Waals surface area (Å²) in [4.78, 5) is 0. The van der Waals surface area contributed by atoms with E-state index in [9.17, 15) is 0 Å². The lowest BCUT2D eigenvalue weighted by molar-refractivity contribution is 0.420. The number of para-hydroxylation sites is 1. The van der Waals surface area contributed by atoms with E-state index in [0.29, 0.717) is 0 Å². The van der Waals surface area contributed by atoms with E-state index in [1.54, 1.807) is 7.11 Å². The summed E-state index contributed by atoms with van der Waals surface area (Å²) >= 11 is 0. The molecule has 4 nitrogen and oxygen atoms in total. The molecule has 0 saturated heterocycles. The Morgan fingerprint density at radius 1 is 0.810 bits per heavy atom. The molecule has 104 valence electrons. The Hall–Kier alpha value is -2.88. The number of nitrogens with one attached hydrogen (secondary N) is 1. The van der Waals surface area contributed by atoms with Crippen LogP contribution >= 0.6 is 0 Å². The number of anilines is 1. The summed E-state index contributed by atoms with van der Waals surface area (Å²) in [7, 11) is 1.67. The highest BCUT2D eigenvalue weighted by Gasteiger charge is 2.04. The van der Waals surface area contributed by atoms with Gasteiger partial charge in [0.25, 0.3) is 0 Å². The Balaban J connectivity index is 1.91. The number of benzene rings is 3. The second-order valence-corrected chi connectivity index (χ2v) is 4.51. The van der Waals surface area contributed by atoms with Crippen molar-refractivity contribution in [2.75, 3.05) is 12.5 Å². The average molecular weight is 277 g/mol.